The SMILES string of the molecule is CC(C)OC(=O)Nc1ccc(-c2ncc(-c3ccc(NC(=O)NCCN4CCCC4)cc3S(=O)(=O)NC(C)(C)C)s2)cc1. The maximum atomic E-state index is 13.6. The molecule has 232 valence electrons. The zero-order valence-corrected chi connectivity index (χ0v) is 26.8. The second-order valence-corrected chi connectivity index (χ2v) is 14.4. The highest BCUT2D eigenvalue weighted by Crippen LogP contribution is 2.37. The third-order valence-electron chi connectivity index (χ3n) is 6.37. The fourth-order valence-electron chi connectivity index (χ4n) is 4.58. The largest absolute Gasteiger partial charge is 0.447 e. The molecule has 1 saturated heterocycles. The topological polar surface area (TPSA) is 142 Å². The number of urea groups is 1. The molecule has 2 aromatic carbocycles. The van der Waals surface area contributed by atoms with Crippen LogP contribution in [-0.2, 0) is 14.8 Å². The molecule has 4 N–H and O–H groups in total. The summed E-state index contributed by atoms with van der Waals surface area (Å²) in [5.41, 5.74) is 1.50. The Bertz CT molecular complexity index is 1530. The van der Waals surface area contributed by atoms with E-state index in [9.17, 15) is 18.0 Å². The molecule has 3 aromatic rings. The molecule has 0 saturated carbocycles. The summed E-state index contributed by atoms with van der Waals surface area (Å²) in [5, 5.41) is 8.98. The summed E-state index contributed by atoms with van der Waals surface area (Å²) >= 11 is 1.34. The van der Waals surface area contributed by atoms with Crippen molar-refractivity contribution in [3.05, 3.63) is 48.7 Å². The Labute approximate surface area is 257 Å². The Morgan fingerprint density at radius 1 is 1.02 bits per heavy atom. The molecule has 2 heterocycles. The number of amides is 3. The van der Waals surface area contributed by atoms with Gasteiger partial charge in [-0.1, -0.05) is 6.07 Å². The van der Waals surface area contributed by atoms with Crippen LogP contribution in [0.25, 0.3) is 21.0 Å². The van der Waals surface area contributed by atoms with Gasteiger partial charge in [-0.3, -0.25) is 5.32 Å². The maximum absolute atomic E-state index is 13.6. The van der Waals surface area contributed by atoms with Crippen LogP contribution in [0.3, 0.4) is 0 Å². The summed E-state index contributed by atoms with van der Waals surface area (Å²) < 4.78 is 35.0. The van der Waals surface area contributed by atoms with E-state index in [1.54, 1.807) is 65.1 Å². The minimum absolute atomic E-state index is 0.0377. The number of nitrogens with one attached hydrogen (secondary N) is 4. The molecule has 1 fully saturated rings. The van der Waals surface area contributed by atoms with Crippen LogP contribution < -0.4 is 20.7 Å². The van der Waals surface area contributed by atoms with Crippen molar-refractivity contribution in [3.8, 4) is 21.0 Å². The number of ether oxygens (including phenoxy) is 1. The number of thiazole rings is 1. The van der Waals surface area contributed by atoms with Crippen LogP contribution in [-0.4, -0.2) is 68.2 Å². The molecule has 0 spiro atoms. The molecule has 0 radical (unpaired) electrons. The van der Waals surface area contributed by atoms with Crippen molar-refractivity contribution in [2.24, 2.45) is 0 Å². The van der Waals surface area contributed by atoms with Gasteiger partial charge in [0.1, 0.15) is 5.01 Å². The lowest BCUT2D eigenvalue weighted by Gasteiger charge is -2.22. The number of aromatic nitrogens is 1. The smallest absolute Gasteiger partial charge is 0.411 e. The van der Waals surface area contributed by atoms with Gasteiger partial charge in [-0.2, -0.15) is 0 Å². The molecule has 1 aromatic heterocycles. The molecular weight excluding hydrogens is 589 g/mol. The Kier molecular flexibility index (Phi) is 10.4. The molecule has 3 amide bonds. The number of likely N-dealkylation sites (tertiary alicyclic amines) is 1. The van der Waals surface area contributed by atoms with Gasteiger partial charge in [0.25, 0.3) is 0 Å². The number of carbonyl (C=O) groups excluding carboxylic acids is 2. The summed E-state index contributed by atoms with van der Waals surface area (Å²) in [6.07, 6.45) is 3.23. The molecule has 4 rings (SSSR count). The number of rotatable bonds is 10. The number of nitrogens with zero attached hydrogens (tertiary/aromatic N) is 2. The quantitative estimate of drug-likeness (QED) is 0.225. The fourth-order valence-corrected chi connectivity index (χ4v) is 7.27. The fraction of sp³-hybridized carbons (Fsp3) is 0.433. The van der Waals surface area contributed by atoms with Crippen molar-refractivity contribution in [2.75, 3.05) is 36.8 Å². The van der Waals surface area contributed by atoms with Crippen molar-refractivity contribution in [1.82, 2.24) is 19.9 Å². The van der Waals surface area contributed by atoms with Crippen LogP contribution in [0.15, 0.2) is 53.6 Å². The van der Waals surface area contributed by atoms with Gasteiger partial charge >= 0.3 is 12.1 Å². The number of sulfonamides is 1. The molecular formula is C30H40N6O5S2. The Morgan fingerprint density at radius 3 is 2.35 bits per heavy atom. The summed E-state index contributed by atoms with van der Waals surface area (Å²) in [6.45, 7) is 12.2. The predicted octanol–water partition coefficient (Wildman–Crippen LogP) is 5.73. The lowest BCUT2D eigenvalue weighted by Crippen LogP contribution is -2.40. The van der Waals surface area contributed by atoms with Crippen LogP contribution in [0, 0.1) is 0 Å². The average Bonchev–Trinajstić information content (AvgIpc) is 3.60. The first kappa shape index (κ1) is 32.4. The lowest BCUT2D eigenvalue weighted by molar-refractivity contribution is 0.130. The van der Waals surface area contributed by atoms with Gasteiger partial charge in [-0.25, -0.2) is 27.7 Å². The van der Waals surface area contributed by atoms with Crippen LogP contribution >= 0.6 is 11.3 Å². The predicted molar refractivity (Wildman–Crippen MR) is 171 cm³/mol. The standard InChI is InChI=1S/C30H40N6O5S2/c1-20(2)41-29(38)34-22-10-8-21(9-11-22)27-32-19-25(42-27)24-13-12-23(18-26(24)43(39,40)35-30(3,4)5)33-28(37)31-14-17-36-15-6-7-16-36/h8-13,18-20,35H,6-7,14-17H2,1-5H3,(H,34,38)(H2,31,33,37). The van der Waals surface area contributed by atoms with Crippen molar-refractivity contribution >= 4 is 44.9 Å². The van der Waals surface area contributed by atoms with Gasteiger partial charge in [0, 0.05) is 47.3 Å². The van der Waals surface area contributed by atoms with E-state index >= 15 is 0 Å². The first-order chi connectivity index (χ1) is 20.3. The molecule has 0 aliphatic carbocycles. The van der Waals surface area contributed by atoms with Crippen molar-refractivity contribution in [2.45, 2.75) is 64.0 Å². The normalized spacial score (nSPS) is 14.1. The Hall–Kier alpha value is -3.52. The highest BCUT2D eigenvalue weighted by atomic mass is 32.2. The van der Waals surface area contributed by atoms with E-state index in [0.29, 0.717) is 33.4 Å². The Balaban J connectivity index is 1.54. The zero-order valence-electron chi connectivity index (χ0n) is 25.2. The molecule has 13 heteroatoms. The molecule has 0 atom stereocenters. The first-order valence-corrected chi connectivity index (χ1v) is 16.6. The lowest BCUT2D eigenvalue weighted by atomic mass is 10.1. The molecule has 1 aliphatic heterocycles. The van der Waals surface area contributed by atoms with E-state index in [4.69, 9.17) is 4.74 Å². The molecule has 0 bridgehead atoms. The van der Waals surface area contributed by atoms with E-state index < -0.39 is 27.7 Å². The van der Waals surface area contributed by atoms with Crippen molar-refractivity contribution < 1.29 is 22.7 Å². The van der Waals surface area contributed by atoms with Crippen LogP contribution in [0.5, 0.6) is 0 Å². The van der Waals surface area contributed by atoms with Crippen LogP contribution in [0.2, 0.25) is 0 Å². The van der Waals surface area contributed by atoms with E-state index in [2.05, 4.69) is 30.6 Å². The van der Waals surface area contributed by atoms with Gasteiger partial charge in [-0.05, 0) is 96.9 Å². The monoisotopic (exact) mass is 628 g/mol. The van der Waals surface area contributed by atoms with Gasteiger partial charge in [0.05, 0.1) is 15.9 Å². The number of carbonyl (C=O) groups is 2. The van der Waals surface area contributed by atoms with E-state index in [-0.39, 0.29) is 11.0 Å². The van der Waals surface area contributed by atoms with Crippen LogP contribution in [0.4, 0.5) is 21.0 Å². The van der Waals surface area contributed by atoms with Gasteiger partial charge in [0.2, 0.25) is 10.0 Å². The second-order valence-electron chi connectivity index (χ2n) is 11.7. The Morgan fingerprint density at radius 2 is 1.70 bits per heavy atom. The second kappa shape index (κ2) is 13.8. The van der Waals surface area contributed by atoms with Crippen molar-refractivity contribution in [1.29, 1.82) is 0 Å². The third kappa shape index (κ3) is 9.48. The summed E-state index contributed by atoms with van der Waals surface area (Å²) in [6, 6.07) is 11.6. The minimum Gasteiger partial charge on any atom is -0.447 e. The molecule has 1 aliphatic rings. The van der Waals surface area contributed by atoms with E-state index in [1.807, 2.05) is 12.1 Å². The molecule has 11 nitrogen and oxygen atoms in total. The van der Waals surface area contributed by atoms with Crippen LogP contribution in [0.1, 0.15) is 47.5 Å². The maximum Gasteiger partial charge on any atom is 0.411 e. The highest BCUT2D eigenvalue weighted by Gasteiger charge is 2.27. The number of benzene rings is 2. The summed E-state index contributed by atoms with van der Waals surface area (Å²) in [7, 11) is -3.97. The highest BCUT2D eigenvalue weighted by molar-refractivity contribution is 7.89. The summed E-state index contributed by atoms with van der Waals surface area (Å²) in [4.78, 5) is 32.0. The number of anilines is 2. The van der Waals surface area contributed by atoms with E-state index in [1.165, 1.54) is 30.2 Å². The first-order valence-electron chi connectivity index (χ1n) is 14.3. The van der Waals surface area contributed by atoms with E-state index in [0.717, 1.165) is 25.2 Å². The van der Waals surface area contributed by atoms with Gasteiger partial charge < -0.3 is 20.3 Å². The minimum atomic E-state index is -3.97. The summed E-state index contributed by atoms with van der Waals surface area (Å²) in [5.74, 6) is 0. The third-order valence-corrected chi connectivity index (χ3v) is 9.25. The van der Waals surface area contributed by atoms with Gasteiger partial charge in [-0.15, -0.1) is 11.3 Å². The zero-order chi connectivity index (χ0) is 31.2. The van der Waals surface area contributed by atoms with Gasteiger partial charge in [0.15, 0.2) is 0 Å². The molecule has 43 heavy (non-hydrogen) atoms. The van der Waals surface area contributed by atoms with Crippen molar-refractivity contribution in [3.63, 3.8) is 0 Å². The average molecular weight is 629 g/mol. The number of hydrogen-bond donors (Lipinski definition) is 4. The molecule has 0 unspecified atom stereocenters. The number of hydrogen-bond acceptors (Lipinski definition) is 8.